The van der Waals surface area contributed by atoms with Crippen molar-refractivity contribution in [2.24, 2.45) is 10.2 Å². The zero-order valence-corrected chi connectivity index (χ0v) is 9.56. The van der Waals surface area contributed by atoms with E-state index in [9.17, 15) is 5.11 Å². The zero-order chi connectivity index (χ0) is 12.8. The molecule has 0 saturated heterocycles. The number of benzene rings is 2. The van der Waals surface area contributed by atoms with Crippen molar-refractivity contribution in [1.29, 1.82) is 0 Å². The van der Waals surface area contributed by atoms with Gasteiger partial charge in [-0.2, -0.15) is 10.2 Å². The second kappa shape index (κ2) is 5.63. The molecule has 2 rings (SSSR count). The molecule has 0 aromatic heterocycles. The minimum Gasteiger partial charge on any atom is -0.508 e. The summed E-state index contributed by atoms with van der Waals surface area (Å²) < 4.78 is 0. The number of hydrogen-bond donors (Lipinski definition) is 2. The van der Waals surface area contributed by atoms with E-state index in [1.807, 2.05) is 6.07 Å². The molecule has 4 nitrogen and oxygen atoms in total. The van der Waals surface area contributed by atoms with Gasteiger partial charge in [0.2, 0.25) is 0 Å². The van der Waals surface area contributed by atoms with Crippen LogP contribution in [-0.2, 0) is 0 Å². The highest BCUT2D eigenvalue weighted by atomic mass is 16.3. The molecule has 2 aromatic carbocycles. The van der Waals surface area contributed by atoms with Crippen molar-refractivity contribution in [3.8, 4) is 11.5 Å². The van der Waals surface area contributed by atoms with E-state index in [2.05, 4.69) is 10.2 Å². The van der Waals surface area contributed by atoms with Crippen LogP contribution in [0.2, 0.25) is 0 Å². The summed E-state index contributed by atoms with van der Waals surface area (Å²) in [5.41, 5.74) is 1.45. The first-order valence-electron chi connectivity index (χ1n) is 5.39. The molecule has 0 amide bonds. The molecule has 0 unspecified atom stereocenters. The normalized spacial score (nSPS) is 11.3. The zero-order valence-electron chi connectivity index (χ0n) is 9.56. The van der Waals surface area contributed by atoms with Gasteiger partial charge in [-0.15, -0.1) is 0 Å². The van der Waals surface area contributed by atoms with Gasteiger partial charge in [0, 0.05) is 5.56 Å². The minimum atomic E-state index is 0.168. The molecule has 0 fully saturated rings. The average Bonchev–Trinajstić information content (AvgIpc) is 2.39. The maximum absolute atomic E-state index is 9.49. The maximum atomic E-state index is 9.49. The van der Waals surface area contributed by atoms with Crippen LogP contribution in [-0.4, -0.2) is 22.6 Å². The minimum absolute atomic E-state index is 0.168. The van der Waals surface area contributed by atoms with Crippen molar-refractivity contribution in [3.63, 3.8) is 0 Å². The Morgan fingerprint density at radius 2 is 1.44 bits per heavy atom. The van der Waals surface area contributed by atoms with E-state index < -0.39 is 0 Å². The van der Waals surface area contributed by atoms with Crippen LogP contribution in [0, 0.1) is 0 Å². The van der Waals surface area contributed by atoms with Crippen LogP contribution in [0.4, 0.5) is 0 Å². The van der Waals surface area contributed by atoms with Crippen molar-refractivity contribution in [2.45, 2.75) is 0 Å². The molecule has 18 heavy (non-hydrogen) atoms. The molecule has 4 heteroatoms. The fourth-order valence-electron chi connectivity index (χ4n) is 1.35. The molecule has 0 spiro atoms. The highest BCUT2D eigenvalue weighted by molar-refractivity contribution is 5.84. The molecule has 2 N–H and O–H groups in total. The van der Waals surface area contributed by atoms with Gasteiger partial charge in [0.05, 0.1) is 12.4 Å². The summed E-state index contributed by atoms with van der Waals surface area (Å²) in [5, 5.41) is 26.3. The van der Waals surface area contributed by atoms with Crippen molar-refractivity contribution >= 4 is 12.4 Å². The van der Waals surface area contributed by atoms with E-state index in [0.717, 1.165) is 5.56 Å². The SMILES string of the molecule is Oc1ccc(C=NN=Cc2ccccc2O)cc1. The van der Waals surface area contributed by atoms with Gasteiger partial charge in [-0.25, -0.2) is 0 Å². The van der Waals surface area contributed by atoms with Gasteiger partial charge in [-0.3, -0.25) is 0 Å². The smallest absolute Gasteiger partial charge is 0.124 e. The van der Waals surface area contributed by atoms with Crippen LogP contribution in [0.25, 0.3) is 0 Å². The second-order valence-electron chi connectivity index (χ2n) is 3.64. The third-order valence-corrected chi connectivity index (χ3v) is 2.30. The quantitative estimate of drug-likeness (QED) is 0.639. The molecular formula is C14H12N2O2. The van der Waals surface area contributed by atoms with Crippen LogP contribution in [0.3, 0.4) is 0 Å². The number of phenols is 2. The number of phenolic OH excluding ortho intramolecular Hbond substituents is 2. The third kappa shape index (κ3) is 3.18. The standard InChI is InChI=1S/C14H12N2O2/c17-13-7-5-11(6-8-13)9-15-16-10-12-3-1-2-4-14(12)18/h1-10,17-18H. The lowest BCUT2D eigenvalue weighted by molar-refractivity contribution is 0.474. The molecule has 90 valence electrons. The van der Waals surface area contributed by atoms with Gasteiger partial charge in [0.1, 0.15) is 11.5 Å². The molecule has 2 aromatic rings. The highest BCUT2D eigenvalue weighted by Crippen LogP contribution is 2.12. The number of nitrogens with zero attached hydrogens (tertiary/aromatic N) is 2. The number of rotatable bonds is 3. The molecule has 0 heterocycles. The molecule has 0 bridgehead atoms. The molecule has 0 aliphatic carbocycles. The summed E-state index contributed by atoms with van der Waals surface area (Å²) >= 11 is 0. The van der Waals surface area contributed by atoms with Crippen LogP contribution >= 0.6 is 0 Å². The van der Waals surface area contributed by atoms with Crippen LogP contribution in [0.5, 0.6) is 11.5 Å². The van der Waals surface area contributed by atoms with Crippen molar-refractivity contribution in [2.75, 3.05) is 0 Å². The summed E-state index contributed by atoms with van der Waals surface area (Å²) in [6, 6.07) is 13.5. The molecular weight excluding hydrogens is 228 g/mol. The Bertz CT molecular complexity index is 575. The van der Waals surface area contributed by atoms with Gasteiger partial charge < -0.3 is 10.2 Å². The first-order valence-corrected chi connectivity index (χ1v) is 5.39. The lowest BCUT2D eigenvalue weighted by Gasteiger charge is -1.94. The Balaban J connectivity index is 2.03. The summed E-state index contributed by atoms with van der Waals surface area (Å²) in [5.74, 6) is 0.381. The topological polar surface area (TPSA) is 65.2 Å². The Kier molecular flexibility index (Phi) is 3.71. The fourth-order valence-corrected chi connectivity index (χ4v) is 1.35. The Labute approximate surface area is 105 Å². The Hall–Kier alpha value is -2.62. The molecule has 0 aliphatic rings. The van der Waals surface area contributed by atoms with Gasteiger partial charge in [0.15, 0.2) is 0 Å². The number of hydrogen-bond acceptors (Lipinski definition) is 4. The summed E-state index contributed by atoms with van der Waals surface area (Å²) in [6.45, 7) is 0. The van der Waals surface area contributed by atoms with Crippen molar-refractivity contribution in [3.05, 3.63) is 59.7 Å². The van der Waals surface area contributed by atoms with Gasteiger partial charge in [0.25, 0.3) is 0 Å². The van der Waals surface area contributed by atoms with Crippen molar-refractivity contribution < 1.29 is 10.2 Å². The van der Waals surface area contributed by atoms with Crippen LogP contribution in [0.15, 0.2) is 58.7 Å². The first-order chi connectivity index (χ1) is 8.75. The van der Waals surface area contributed by atoms with E-state index in [4.69, 9.17) is 5.11 Å². The number of aromatic hydroxyl groups is 2. The van der Waals surface area contributed by atoms with E-state index in [1.54, 1.807) is 48.7 Å². The van der Waals surface area contributed by atoms with Crippen LogP contribution in [0.1, 0.15) is 11.1 Å². The van der Waals surface area contributed by atoms with Gasteiger partial charge in [-0.05, 0) is 42.0 Å². The van der Waals surface area contributed by atoms with Gasteiger partial charge >= 0.3 is 0 Å². The van der Waals surface area contributed by atoms with E-state index in [1.165, 1.54) is 6.21 Å². The largest absolute Gasteiger partial charge is 0.508 e. The Morgan fingerprint density at radius 3 is 2.17 bits per heavy atom. The lowest BCUT2D eigenvalue weighted by Crippen LogP contribution is -1.81. The van der Waals surface area contributed by atoms with E-state index in [0.29, 0.717) is 5.56 Å². The molecule has 0 atom stereocenters. The third-order valence-electron chi connectivity index (χ3n) is 2.30. The predicted molar refractivity (Wildman–Crippen MR) is 71.4 cm³/mol. The van der Waals surface area contributed by atoms with Gasteiger partial charge in [-0.1, -0.05) is 12.1 Å². The second-order valence-corrected chi connectivity index (χ2v) is 3.64. The maximum Gasteiger partial charge on any atom is 0.124 e. The molecule has 0 aliphatic heterocycles. The Morgan fingerprint density at radius 1 is 0.778 bits per heavy atom. The van der Waals surface area contributed by atoms with E-state index in [-0.39, 0.29) is 11.5 Å². The van der Waals surface area contributed by atoms with E-state index >= 15 is 0 Å². The lowest BCUT2D eigenvalue weighted by atomic mass is 10.2. The number of para-hydroxylation sites is 1. The van der Waals surface area contributed by atoms with Crippen LogP contribution < -0.4 is 0 Å². The summed E-state index contributed by atoms with van der Waals surface area (Å²) in [6.07, 6.45) is 3.04. The first kappa shape index (κ1) is 11.9. The highest BCUT2D eigenvalue weighted by Gasteiger charge is 1.93. The average molecular weight is 240 g/mol. The summed E-state index contributed by atoms with van der Waals surface area (Å²) in [4.78, 5) is 0. The monoisotopic (exact) mass is 240 g/mol. The molecule has 0 saturated carbocycles. The molecule has 0 radical (unpaired) electrons. The fraction of sp³-hybridized carbons (Fsp3) is 0. The predicted octanol–water partition coefficient (Wildman–Crippen LogP) is 2.55. The van der Waals surface area contributed by atoms with Crippen molar-refractivity contribution in [1.82, 2.24) is 0 Å². The summed E-state index contributed by atoms with van der Waals surface area (Å²) in [7, 11) is 0.